The van der Waals surface area contributed by atoms with Gasteiger partial charge in [-0.2, -0.15) is 0 Å². The zero-order chi connectivity index (χ0) is 16.1. The van der Waals surface area contributed by atoms with E-state index in [0.717, 1.165) is 37.7 Å². The van der Waals surface area contributed by atoms with Gasteiger partial charge >= 0.3 is 0 Å². The molecule has 1 unspecified atom stereocenters. The summed E-state index contributed by atoms with van der Waals surface area (Å²) in [6.45, 7) is 2.30. The van der Waals surface area contributed by atoms with Crippen molar-refractivity contribution in [2.45, 2.75) is 56.3 Å². The summed E-state index contributed by atoms with van der Waals surface area (Å²) in [5.74, 6) is 0. The molecule has 1 fully saturated rings. The van der Waals surface area contributed by atoms with Gasteiger partial charge in [0.1, 0.15) is 5.60 Å². The molecule has 1 N–H and O–H groups in total. The zero-order valence-corrected chi connectivity index (χ0v) is 14.4. The second-order valence-corrected chi connectivity index (χ2v) is 8.09. The fourth-order valence-corrected chi connectivity index (χ4v) is 4.84. The highest BCUT2D eigenvalue weighted by Crippen LogP contribution is 2.29. The molecule has 0 aliphatic heterocycles. The molecular formula is C17H27NO3S. The lowest BCUT2D eigenvalue weighted by molar-refractivity contribution is -0.0133. The number of hydrogen-bond acceptors (Lipinski definition) is 3. The molecule has 2 rings (SSSR count). The van der Waals surface area contributed by atoms with Crippen LogP contribution in [-0.2, 0) is 20.4 Å². The van der Waals surface area contributed by atoms with E-state index in [0.29, 0.717) is 6.42 Å². The molecule has 1 saturated carbocycles. The second-order valence-electron chi connectivity index (χ2n) is 6.04. The van der Waals surface area contributed by atoms with Gasteiger partial charge in [0.05, 0.1) is 5.25 Å². The summed E-state index contributed by atoms with van der Waals surface area (Å²) >= 11 is 0. The fourth-order valence-electron chi connectivity index (χ4n) is 3.22. The van der Waals surface area contributed by atoms with Crippen LogP contribution in [0.15, 0.2) is 30.3 Å². The van der Waals surface area contributed by atoms with Crippen LogP contribution in [-0.4, -0.2) is 27.3 Å². The van der Waals surface area contributed by atoms with Crippen LogP contribution in [0.3, 0.4) is 0 Å². The molecule has 124 valence electrons. The first-order valence-electron chi connectivity index (χ1n) is 8.13. The summed E-state index contributed by atoms with van der Waals surface area (Å²) < 4.78 is 33.6. The van der Waals surface area contributed by atoms with Gasteiger partial charge < -0.3 is 4.74 Å². The van der Waals surface area contributed by atoms with Crippen LogP contribution in [0.5, 0.6) is 0 Å². The lowest BCUT2D eigenvalue weighted by Crippen LogP contribution is -2.45. The van der Waals surface area contributed by atoms with Crippen molar-refractivity contribution >= 4 is 10.0 Å². The molecule has 4 nitrogen and oxygen atoms in total. The van der Waals surface area contributed by atoms with Gasteiger partial charge in [-0.25, -0.2) is 13.1 Å². The Morgan fingerprint density at radius 1 is 1.18 bits per heavy atom. The third-order valence-corrected chi connectivity index (χ3v) is 6.71. The molecule has 0 aromatic heterocycles. The largest absolute Gasteiger partial charge is 0.372 e. The molecule has 1 aromatic carbocycles. The zero-order valence-electron chi connectivity index (χ0n) is 13.5. The molecule has 0 saturated heterocycles. The van der Waals surface area contributed by atoms with Crippen LogP contribution in [0.25, 0.3) is 0 Å². The molecule has 0 bridgehead atoms. The first-order valence-corrected chi connectivity index (χ1v) is 9.68. The average molecular weight is 325 g/mol. The van der Waals surface area contributed by atoms with E-state index >= 15 is 0 Å². The average Bonchev–Trinajstić information content (AvgIpc) is 2.58. The van der Waals surface area contributed by atoms with Crippen LogP contribution in [0.2, 0.25) is 0 Å². The summed E-state index contributed by atoms with van der Waals surface area (Å²) in [5, 5.41) is -0.247. The quantitative estimate of drug-likeness (QED) is 0.837. The SMILES string of the molecule is CCC(CNS(=O)(=O)C1CCCCC1)(OC)c1ccccc1. The highest BCUT2D eigenvalue weighted by atomic mass is 32.2. The summed E-state index contributed by atoms with van der Waals surface area (Å²) in [6, 6.07) is 9.83. The number of rotatable bonds is 7. The van der Waals surface area contributed by atoms with E-state index in [1.54, 1.807) is 7.11 Å². The molecular weight excluding hydrogens is 298 g/mol. The molecule has 0 heterocycles. The monoisotopic (exact) mass is 325 g/mol. The Bertz CT molecular complexity index is 547. The van der Waals surface area contributed by atoms with Crippen LogP contribution >= 0.6 is 0 Å². The van der Waals surface area contributed by atoms with Gasteiger partial charge in [-0.3, -0.25) is 0 Å². The minimum absolute atomic E-state index is 0.247. The first-order chi connectivity index (χ1) is 10.5. The molecule has 22 heavy (non-hydrogen) atoms. The van der Waals surface area contributed by atoms with Crippen molar-refractivity contribution in [1.82, 2.24) is 4.72 Å². The van der Waals surface area contributed by atoms with Gasteiger partial charge in [0.25, 0.3) is 0 Å². The smallest absolute Gasteiger partial charge is 0.214 e. The van der Waals surface area contributed by atoms with Gasteiger partial charge in [-0.05, 0) is 24.8 Å². The van der Waals surface area contributed by atoms with Crippen molar-refractivity contribution in [3.05, 3.63) is 35.9 Å². The predicted molar refractivity (Wildman–Crippen MR) is 89.2 cm³/mol. The third-order valence-electron chi connectivity index (χ3n) is 4.81. The van der Waals surface area contributed by atoms with Crippen molar-refractivity contribution in [3.8, 4) is 0 Å². The second kappa shape index (κ2) is 7.57. The number of benzene rings is 1. The van der Waals surface area contributed by atoms with Gasteiger partial charge in [-0.1, -0.05) is 56.5 Å². The standard InChI is InChI=1S/C17H27NO3S/c1-3-17(21-2,15-10-6-4-7-11-15)14-18-22(19,20)16-12-8-5-9-13-16/h4,6-7,10-11,16,18H,3,5,8-9,12-14H2,1-2H3. The van der Waals surface area contributed by atoms with Crippen molar-refractivity contribution in [2.75, 3.05) is 13.7 Å². The summed E-state index contributed by atoms with van der Waals surface area (Å²) in [4.78, 5) is 0. The molecule has 1 aliphatic carbocycles. The van der Waals surface area contributed by atoms with E-state index in [1.165, 1.54) is 0 Å². The third kappa shape index (κ3) is 3.89. The van der Waals surface area contributed by atoms with E-state index in [9.17, 15) is 8.42 Å². The van der Waals surface area contributed by atoms with Crippen molar-refractivity contribution in [1.29, 1.82) is 0 Å². The maximum absolute atomic E-state index is 12.5. The van der Waals surface area contributed by atoms with E-state index < -0.39 is 15.6 Å². The summed E-state index contributed by atoms with van der Waals surface area (Å²) in [6.07, 6.45) is 5.41. The number of sulfonamides is 1. The molecule has 1 aliphatic rings. The van der Waals surface area contributed by atoms with Crippen LogP contribution < -0.4 is 4.72 Å². The molecule has 5 heteroatoms. The van der Waals surface area contributed by atoms with Gasteiger partial charge in [0.15, 0.2) is 0 Å². The van der Waals surface area contributed by atoms with Crippen molar-refractivity contribution in [2.24, 2.45) is 0 Å². The maximum atomic E-state index is 12.5. The van der Waals surface area contributed by atoms with Crippen LogP contribution in [0.1, 0.15) is 51.0 Å². The molecule has 0 amide bonds. The summed E-state index contributed by atoms with van der Waals surface area (Å²) in [7, 11) is -1.63. The van der Waals surface area contributed by atoms with E-state index in [1.807, 2.05) is 37.3 Å². The van der Waals surface area contributed by atoms with E-state index in [-0.39, 0.29) is 11.8 Å². The Kier molecular flexibility index (Phi) is 6.01. The number of hydrogen-bond donors (Lipinski definition) is 1. The minimum atomic E-state index is -3.27. The highest BCUT2D eigenvalue weighted by Gasteiger charge is 2.34. The Hall–Kier alpha value is -0.910. The number of nitrogens with one attached hydrogen (secondary N) is 1. The Morgan fingerprint density at radius 3 is 2.36 bits per heavy atom. The summed E-state index contributed by atoms with van der Waals surface area (Å²) in [5.41, 5.74) is 0.398. The normalized spacial score (nSPS) is 19.7. The van der Waals surface area contributed by atoms with Gasteiger partial charge in [0, 0.05) is 13.7 Å². The van der Waals surface area contributed by atoms with Gasteiger partial charge in [0.2, 0.25) is 10.0 Å². The fraction of sp³-hybridized carbons (Fsp3) is 0.647. The topological polar surface area (TPSA) is 55.4 Å². The maximum Gasteiger partial charge on any atom is 0.214 e. The Balaban J connectivity index is 2.12. The molecule has 0 radical (unpaired) electrons. The van der Waals surface area contributed by atoms with Crippen LogP contribution in [0, 0.1) is 0 Å². The highest BCUT2D eigenvalue weighted by molar-refractivity contribution is 7.90. The van der Waals surface area contributed by atoms with E-state index in [4.69, 9.17) is 4.74 Å². The molecule has 1 atom stereocenters. The first kappa shape index (κ1) is 17.4. The number of ether oxygens (including phenoxy) is 1. The lowest BCUT2D eigenvalue weighted by Gasteiger charge is -2.33. The Morgan fingerprint density at radius 2 is 1.82 bits per heavy atom. The Labute approximate surface area is 134 Å². The van der Waals surface area contributed by atoms with Gasteiger partial charge in [-0.15, -0.1) is 0 Å². The molecule has 1 aromatic rings. The predicted octanol–water partition coefficient (Wildman–Crippen LogP) is 3.19. The lowest BCUT2D eigenvalue weighted by atomic mass is 9.91. The van der Waals surface area contributed by atoms with Crippen molar-refractivity contribution < 1.29 is 13.2 Å². The van der Waals surface area contributed by atoms with Crippen LogP contribution in [0.4, 0.5) is 0 Å². The van der Waals surface area contributed by atoms with Crippen molar-refractivity contribution in [3.63, 3.8) is 0 Å². The number of methoxy groups -OCH3 is 1. The van der Waals surface area contributed by atoms with E-state index in [2.05, 4.69) is 4.72 Å². The molecule has 0 spiro atoms. The minimum Gasteiger partial charge on any atom is -0.372 e.